The second-order valence-corrected chi connectivity index (χ2v) is 8.70. The number of hydrogen-bond acceptors (Lipinski definition) is 7. The quantitative estimate of drug-likeness (QED) is 0.459. The van der Waals surface area contributed by atoms with E-state index in [0.29, 0.717) is 28.0 Å². The number of H-pyrrole nitrogens is 1. The lowest BCUT2D eigenvalue weighted by Gasteiger charge is -2.17. The number of para-hydroxylation sites is 3. The van der Waals surface area contributed by atoms with E-state index in [9.17, 15) is 13.5 Å². The topological polar surface area (TPSA) is 107 Å². The molecule has 0 saturated carbocycles. The minimum atomic E-state index is -4.11. The Hall–Kier alpha value is -3.95. The van der Waals surface area contributed by atoms with Gasteiger partial charge in [-0.1, -0.05) is 30.3 Å². The summed E-state index contributed by atoms with van der Waals surface area (Å²) in [6.07, 6.45) is 1.61. The van der Waals surface area contributed by atoms with E-state index in [2.05, 4.69) is 15.0 Å². The maximum atomic E-state index is 12.9. The van der Waals surface area contributed by atoms with Crippen LogP contribution in [0.1, 0.15) is 5.56 Å². The summed E-state index contributed by atoms with van der Waals surface area (Å²) >= 11 is 0. The minimum absolute atomic E-state index is 0.0463. The number of fused-ring (bicyclic) bond motifs is 2. The Morgan fingerprint density at radius 2 is 1.62 bits per heavy atom. The van der Waals surface area contributed by atoms with Crippen molar-refractivity contribution >= 4 is 32.8 Å². The van der Waals surface area contributed by atoms with Gasteiger partial charge in [0.1, 0.15) is 0 Å². The highest BCUT2D eigenvalue weighted by molar-refractivity contribution is 7.86. The number of rotatable bonds is 5. The molecule has 4 aromatic rings. The molecule has 0 saturated heterocycles. The van der Waals surface area contributed by atoms with Crippen molar-refractivity contribution in [2.75, 3.05) is 12.1 Å². The molecule has 1 aromatic heterocycles. The van der Waals surface area contributed by atoms with Crippen molar-refractivity contribution < 1.29 is 17.8 Å². The maximum absolute atomic E-state index is 12.9. The van der Waals surface area contributed by atoms with E-state index in [1.165, 1.54) is 24.2 Å². The highest BCUT2D eigenvalue weighted by Crippen LogP contribution is 2.32. The summed E-state index contributed by atoms with van der Waals surface area (Å²) in [5, 5.41) is 13.6. The number of nitrogens with zero attached hydrogens (tertiary/aromatic N) is 3. The third kappa shape index (κ3) is 3.64. The summed E-state index contributed by atoms with van der Waals surface area (Å²) in [7, 11) is -2.60. The first kappa shape index (κ1) is 20.0. The van der Waals surface area contributed by atoms with Crippen molar-refractivity contribution in [3.63, 3.8) is 0 Å². The van der Waals surface area contributed by atoms with E-state index < -0.39 is 10.1 Å². The lowest BCUT2D eigenvalue weighted by Crippen LogP contribution is -2.22. The molecule has 0 unspecified atom stereocenters. The largest absolute Gasteiger partial charge is 0.494 e. The van der Waals surface area contributed by atoms with E-state index in [0.717, 1.165) is 10.7 Å². The van der Waals surface area contributed by atoms with Crippen LogP contribution in [0.3, 0.4) is 0 Å². The molecule has 2 N–H and O–H groups in total. The van der Waals surface area contributed by atoms with Crippen LogP contribution in [0.4, 0.5) is 5.69 Å². The van der Waals surface area contributed by atoms with Gasteiger partial charge >= 0.3 is 10.1 Å². The van der Waals surface area contributed by atoms with Crippen molar-refractivity contribution in [2.45, 2.75) is 4.90 Å². The number of hydroxylamine groups is 1. The van der Waals surface area contributed by atoms with E-state index in [4.69, 9.17) is 4.28 Å². The highest BCUT2D eigenvalue weighted by Gasteiger charge is 2.21. The Morgan fingerprint density at radius 3 is 2.31 bits per heavy atom. The maximum Gasteiger partial charge on any atom is 0.317 e. The smallest absolute Gasteiger partial charge is 0.317 e. The predicted molar refractivity (Wildman–Crippen MR) is 120 cm³/mol. The molecule has 5 rings (SSSR count). The summed E-state index contributed by atoms with van der Waals surface area (Å²) < 4.78 is 31.0. The van der Waals surface area contributed by atoms with Crippen molar-refractivity contribution in [2.24, 2.45) is 9.98 Å². The van der Waals surface area contributed by atoms with Gasteiger partial charge in [-0.05, 0) is 48.5 Å². The molecule has 0 fully saturated rings. The molecule has 8 nitrogen and oxygen atoms in total. The van der Waals surface area contributed by atoms with Crippen molar-refractivity contribution in [3.05, 3.63) is 94.9 Å². The first-order chi connectivity index (χ1) is 15.4. The molecule has 0 atom stereocenters. The van der Waals surface area contributed by atoms with E-state index in [1.807, 2.05) is 30.3 Å². The summed E-state index contributed by atoms with van der Waals surface area (Å²) in [5.41, 5.74) is 1.55. The Labute approximate surface area is 183 Å². The average Bonchev–Trinajstić information content (AvgIpc) is 3.34. The van der Waals surface area contributed by atoms with Gasteiger partial charge in [0.25, 0.3) is 0 Å². The molecule has 2 heterocycles. The van der Waals surface area contributed by atoms with Gasteiger partial charge in [-0.2, -0.15) is 8.42 Å². The Morgan fingerprint density at radius 1 is 0.969 bits per heavy atom. The molecule has 0 amide bonds. The number of anilines is 1. The van der Waals surface area contributed by atoms with Crippen LogP contribution in [0.2, 0.25) is 0 Å². The number of aromatic amines is 1. The van der Waals surface area contributed by atoms with Crippen LogP contribution in [0, 0.1) is 0 Å². The van der Waals surface area contributed by atoms with Gasteiger partial charge < -0.3 is 10.1 Å². The monoisotopic (exact) mass is 446 g/mol. The van der Waals surface area contributed by atoms with Gasteiger partial charge in [0, 0.05) is 23.5 Å². The van der Waals surface area contributed by atoms with Crippen molar-refractivity contribution in [1.29, 1.82) is 0 Å². The molecule has 160 valence electrons. The van der Waals surface area contributed by atoms with Crippen LogP contribution in [0.15, 0.2) is 93.5 Å². The Kier molecular flexibility index (Phi) is 4.76. The summed E-state index contributed by atoms with van der Waals surface area (Å²) in [4.78, 5) is 11.7. The molecular weight excluding hydrogens is 428 g/mol. The predicted octanol–water partition coefficient (Wildman–Crippen LogP) is 2.88. The number of hydrogen-bond donors (Lipinski definition) is 2. The van der Waals surface area contributed by atoms with Crippen LogP contribution in [-0.2, 0) is 14.4 Å². The zero-order valence-electron chi connectivity index (χ0n) is 16.9. The lowest BCUT2D eigenvalue weighted by molar-refractivity contribution is 0.305. The number of aromatic hydroxyl groups is 1. The third-order valence-electron chi connectivity index (χ3n) is 5.03. The molecule has 1 aliphatic rings. The van der Waals surface area contributed by atoms with E-state index in [-0.39, 0.29) is 10.8 Å². The van der Waals surface area contributed by atoms with Gasteiger partial charge in [0.2, 0.25) is 0 Å². The van der Waals surface area contributed by atoms with Crippen molar-refractivity contribution in [1.82, 2.24) is 4.98 Å². The van der Waals surface area contributed by atoms with Gasteiger partial charge in [-0.3, -0.25) is 0 Å². The van der Waals surface area contributed by atoms with Crippen molar-refractivity contribution in [3.8, 4) is 5.88 Å². The lowest BCUT2D eigenvalue weighted by atomic mass is 10.1. The molecule has 3 aromatic carbocycles. The number of nitrogens with one attached hydrogen (secondary N) is 1. The molecule has 0 aliphatic carbocycles. The standard InChI is InChI=1S/C23H18N4O4S/c1-27(15-7-3-2-4-8-15)31-32(29,30)16-11-12-19-17(13-16)18(23(28)26-19)14-22-24-20-9-5-6-10-21(20)25-22/h2-14,26,28H,1H3. The SMILES string of the molecule is CN(OS(=O)(=O)c1ccc2[nH]c(O)c(C=C3N=c4ccccc4=N3)c2c1)c1ccccc1. The molecule has 0 radical (unpaired) electrons. The van der Waals surface area contributed by atoms with Crippen LogP contribution in [0.5, 0.6) is 5.88 Å². The summed E-state index contributed by atoms with van der Waals surface area (Å²) in [5.74, 6) is 0.307. The molecular formula is C23H18N4O4S. The van der Waals surface area contributed by atoms with Gasteiger partial charge in [0.15, 0.2) is 11.7 Å². The molecule has 9 heteroatoms. The van der Waals surface area contributed by atoms with Crippen LogP contribution >= 0.6 is 0 Å². The minimum Gasteiger partial charge on any atom is -0.494 e. The molecule has 0 bridgehead atoms. The first-order valence-electron chi connectivity index (χ1n) is 9.73. The number of aromatic nitrogens is 1. The third-order valence-corrected chi connectivity index (χ3v) is 6.28. The number of benzene rings is 3. The fourth-order valence-electron chi connectivity index (χ4n) is 3.47. The second-order valence-electron chi connectivity index (χ2n) is 7.17. The highest BCUT2D eigenvalue weighted by atomic mass is 32.2. The molecule has 32 heavy (non-hydrogen) atoms. The zero-order chi connectivity index (χ0) is 22.3. The van der Waals surface area contributed by atoms with Gasteiger partial charge in [0.05, 0.1) is 21.3 Å². The fourth-order valence-corrected chi connectivity index (χ4v) is 4.43. The fraction of sp³-hybridized carbons (Fsp3) is 0.0435. The van der Waals surface area contributed by atoms with Crippen LogP contribution in [0.25, 0.3) is 17.0 Å². The van der Waals surface area contributed by atoms with Crippen LogP contribution < -0.4 is 15.8 Å². The first-order valence-corrected chi connectivity index (χ1v) is 11.1. The zero-order valence-corrected chi connectivity index (χ0v) is 17.7. The average molecular weight is 446 g/mol. The normalized spacial score (nSPS) is 12.8. The van der Waals surface area contributed by atoms with E-state index in [1.54, 1.807) is 36.4 Å². The Bertz CT molecular complexity index is 1560. The summed E-state index contributed by atoms with van der Waals surface area (Å²) in [6.45, 7) is 0. The second kappa shape index (κ2) is 7.63. The summed E-state index contributed by atoms with van der Waals surface area (Å²) in [6, 6.07) is 20.8. The van der Waals surface area contributed by atoms with E-state index >= 15 is 0 Å². The molecule has 1 aliphatic heterocycles. The Balaban J connectivity index is 1.53. The van der Waals surface area contributed by atoms with Gasteiger partial charge in [-0.25, -0.2) is 15.0 Å². The van der Waals surface area contributed by atoms with Crippen LogP contribution in [-0.4, -0.2) is 25.6 Å². The van der Waals surface area contributed by atoms with Gasteiger partial charge in [-0.15, -0.1) is 4.28 Å². The molecule has 0 spiro atoms.